The molecule has 3 rings (SSSR count). The summed E-state index contributed by atoms with van der Waals surface area (Å²) in [6.45, 7) is 4.01. The predicted molar refractivity (Wildman–Crippen MR) is 78.9 cm³/mol. The van der Waals surface area contributed by atoms with Gasteiger partial charge in [0.1, 0.15) is 5.82 Å². The van der Waals surface area contributed by atoms with E-state index < -0.39 is 5.91 Å². The van der Waals surface area contributed by atoms with Gasteiger partial charge in [-0.25, -0.2) is 4.98 Å². The number of hydrogen-bond donors (Lipinski definition) is 2. The minimum Gasteiger partial charge on any atom is -0.365 e. The van der Waals surface area contributed by atoms with E-state index in [4.69, 9.17) is 5.73 Å². The lowest BCUT2D eigenvalue weighted by molar-refractivity contribution is 0.100. The quantitative estimate of drug-likeness (QED) is 0.869. The molecule has 0 saturated carbocycles. The SMILES string of the molecule is Cc1ccc(C(N)=O)c(N2CCCC2C2CCCN2)n1. The van der Waals surface area contributed by atoms with Crippen LogP contribution in [-0.4, -0.2) is 36.1 Å². The van der Waals surface area contributed by atoms with Crippen LogP contribution >= 0.6 is 0 Å². The third-order valence-corrected chi connectivity index (χ3v) is 4.41. The van der Waals surface area contributed by atoms with E-state index in [1.54, 1.807) is 6.07 Å². The van der Waals surface area contributed by atoms with Crippen LogP contribution in [-0.2, 0) is 0 Å². The molecular weight excluding hydrogens is 252 g/mol. The van der Waals surface area contributed by atoms with E-state index in [1.165, 1.54) is 12.8 Å². The van der Waals surface area contributed by atoms with E-state index in [-0.39, 0.29) is 0 Å². The Balaban J connectivity index is 1.94. The van der Waals surface area contributed by atoms with E-state index >= 15 is 0 Å². The number of nitrogens with one attached hydrogen (secondary N) is 1. The smallest absolute Gasteiger partial charge is 0.252 e. The van der Waals surface area contributed by atoms with Gasteiger partial charge in [0, 0.05) is 24.3 Å². The van der Waals surface area contributed by atoms with Crippen molar-refractivity contribution in [2.24, 2.45) is 5.73 Å². The minimum atomic E-state index is -0.391. The van der Waals surface area contributed by atoms with Gasteiger partial charge in [-0.3, -0.25) is 4.79 Å². The molecule has 0 aliphatic carbocycles. The Morgan fingerprint density at radius 3 is 2.95 bits per heavy atom. The van der Waals surface area contributed by atoms with Gasteiger partial charge in [0.25, 0.3) is 5.91 Å². The third-order valence-electron chi connectivity index (χ3n) is 4.41. The van der Waals surface area contributed by atoms with E-state index in [2.05, 4.69) is 15.2 Å². The molecule has 2 atom stereocenters. The van der Waals surface area contributed by atoms with Crippen LogP contribution in [0.1, 0.15) is 41.7 Å². The van der Waals surface area contributed by atoms with E-state index in [0.717, 1.165) is 37.4 Å². The first-order valence-electron chi connectivity index (χ1n) is 7.44. The lowest BCUT2D eigenvalue weighted by Gasteiger charge is -2.31. The van der Waals surface area contributed by atoms with Crippen molar-refractivity contribution in [1.82, 2.24) is 10.3 Å². The molecule has 0 spiro atoms. The highest BCUT2D eigenvalue weighted by Gasteiger charge is 2.35. The van der Waals surface area contributed by atoms with Gasteiger partial charge < -0.3 is 16.0 Å². The molecule has 0 radical (unpaired) electrons. The maximum absolute atomic E-state index is 11.7. The molecule has 1 aromatic heterocycles. The zero-order valence-electron chi connectivity index (χ0n) is 11.9. The number of anilines is 1. The number of aryl methyl sites for hydroxylation is 1. The van der Waals surface area contributed by atoms with Gasteiger partial charge in [0.05, 0.1) is 5.56 Å². The molecular formula is C15H22N4O. The van der Waals surface area contributed by atoms with Crippen molar-refractivity contribution in [3.05, 3.63) is 23.4 Å². The molecule has 108 valence electrons. The van der Waals surface area contributed by atoms with Crippen LogP contribution in [0.5, 0.6) is 0 Å². The van der Waals surface area contributed by atoms with Crippen LogP contribution in [0.15, 0.2) is 12.1 Å². The van der Waals surface area contributed by atoms with Crippen molar-refractivity contribution in [1.29, 1.82) is 0 Å². The standard InChI is InChI=1S/C15H22N4O/c1-10-6-7-11(14(16)20)15(18-10)19-9-3-5-13(19)12-4-2-8-17-12/h6-7,12-13,17H,2-5,8-9H2,1H3,(H2,16,20). The molecule has 3 N–H and O–H groups in total. The van der Waals surface area contributed by atoms with Gasteiger partial charge in [-0.05, 0) is 51.3 Å². The second kappa shape index (κ2) is 5.40. The van der Waals surface area contributed by atoms with Crippen LogP contribution in [0.2, 0.25) is 0 Å². The molecule has 5 nitrogen and oxygen atoms in total. The molecule has 3 heterocycles. The number of hydrogen-bond acceptors (Lipinski definition) is 4. The highest BCUT2D eigenvalue weighted by molar-refractivity contribution is 5.97. The monoisotopic (exact) mass is 274 g/mol. The number of amides is 1. The Morgan fingerprint density at radius 1 is 1.40 bits per heavy atom. The van der Waals surface area contributed by atoms with Crippen molar-refractivity contribution >= 4 is 11.7 Å². The Labute approximate surface area is 119 Å². The van der Waals surface area contributed by atoms with Crippen molar-refractivity contribution in [3.63, 3.8) is 0 Å². The van der Waals surface area contributed by atoms with Crippen molar-refractivity contribution in [2.75, 3.05) is 18.0 Å². The number of nitrogens with zero attached hydrogens (tertiary/aromatic N) is 2. The van der Waals surface area contributed by atoms with Crippen LogP contribution < -0.4 is 16.0 Å². The number of nitrogens with two attached hydrogens (primary N) is 1. The molecule has 2 unspecified atom stereocenters. The van der Waals surface area contributed by atoms with Crippen LogP contribution in [0.25, 0.3) is 0 Å². The molecule has 1 amide bonds. The van der Waals surface area contributed by atoms with Gasteiger partial charge >= 0.3 is 0 Å². The predicted octanol–water partition coefficient (Wildman–Crippen LogP) is 1.21. The molecule has 2 fully saturated rings. The largest absolute Gasteiger partial charge is 0.365 e. The summed E-state index contributed by atoms with van der Waals surface area (Å²) in [5.74, 6) is 0.381. The number of aromatic nitrogens is 1. The first-order valence-corrected chi connectivity index (χ1v) is 7.44. The maximum Gasteiger partial charge on any atom is 0.252 e. The Bertz CT molecular complexity index is 511. The second-order valence-corrected chi connectivity index (χ2v) is 5.79. The first kappa shape index (κ1) is 13.4. The number of carbonyl (C=O) groups is 1. The van der Waals surface area contributed by atoms with Gasteiger partial charge in [-0.2, -0.15) is 0 Å². The Kier molecular flexibility index (Phi) is 3.61. The normalized spacial score (nSPS) is 26.1. The van der Waals surface area contributed by atoms with Gasteiger partial charge in [-0.15, -0.1) is 0 Å². The van der Waals surface area contributed by atoms with Gasteiger partial charge in [-0.1, -0.05) is 0 Å². The fraction of sp³-hybridized carbons (Fsp3) is 0.600. The number of primary amides is 1. The fourth-order valence-corrected chi connectivity index (χ4v) is 3.47. The van der Waals surface area contributed by atoms with Crippen molar-refractivity contribution < 1.29 is 4.79 Å². The zero-order chi connectivity index (χ0) is 14.1. The molecule has 1 aromatic rings. The van der Waals surface area contributed by atoms with E-state index in [0.29, 0.717) is 17.6 Å². The zero-order valence-corrected chi connectivity index (χ0v) is 11.9. The highest BCUT2D eigenvalue weighted by atomic mass is 16.1. The molecule has 5 heteroatoms. The van der Waals surface area contributed by atoms with Crippen molar-refractivity contribution in [3.8, 4) is 0 Å². The summed E-state index contributed by atoms with van der Waals surface area (Å²) < 4.78 is 0. The van der Waals surface area contributed by atoms with Gasteiger partial charge in [0.2, 0.25) is 0 Å². The lowest BCUT2D eigenvalue weighted by Crippen LogP contribution is -2.45. The summed E-state index contributed by atoms with van der Waals surface area (Å²) in [5, 5.41) is 3.58. The van der Waals surface area contributed by atoms with E-state index in [1.807, 2.05) is 13.0 Å². The van der Waals surface area contributed by atoms with Gasteiger partial charge in [0.15, 0.2) is 0 Å². The summed E-state index contributed by atoms with van der Waals surface area (Å²) >= 11 is 0. The number of pyridine rings is 1. The summed E-state index contributed by atoms with van der Waals surface area (Å²) in [7, 11) is 0. The van der Waals surface area contributed by atoms with Crippen LogP contribution in [0.4, 0.5) is 5.82 Å². The minimum absolute atomic E-state index is 0.391. The summed E-state index contributed by atoms with van der Waals surface area (Å²) in [5.41, 5.74) is 6.98. The number of carbonyl (C=O) groups excluding carboxylic acids is 1. The van der Waals surface area contributed by atoms with E-state index in [9.17, 15) is 4.79 Å². The summed E-state index contributed by atoms with van der Waals surface area (Å²) in [6.07, 6.45) is 4.75. The molecule has 0 bridgehead atoms. The average Bonchev–Trinajstić information content (AvgIpc) is 3.09. The lowest BCUT2D eigenvalue weighted by atomic mass is 10.0. The topological polar surface area (TPSA) is 71.2 Å². The second-order valence-electron chi connectivity index (χ2n) is 5.79. The maximum atomic E-state index is 11.7. The molecule has 2 aliphatic heterocycles. The highest BCUT2D eigenvalue weighted by Crippen LogP contribution is 2.31. The Hall–Kier alpha value is -1.62. The average molecular weight is 274 g/mol. The molecule has 20 heavy (non-hydrogen) atoms. The molecule has 2 saturated heterocycles. The molecule has 0 aromatic carbocycles. The Morgan fingerprint density at radius 2 is 2.25 bits per heavy atom. The fourth-order valence-electron chi connectivity index (χ4n) is 3.47. The summed E-state index contributed by atoms with van der Waals surface area (Å²) in [4.78, 5) is 18.5. The number of rotatable bonds is 3. The first-order chi connectivity index (χ1) is 9.66. The molecule has 2 aliphatic rings. The third kappa shape index (κ3) is 2.38. The summed E-state index contributed by atoms with van der Waals surface area (Å²) in [6, 6.07) is 4.60. The van der Waals surface area contributed by atoms with Crippen molar-refractivity contribution in [2.45, 2.75) is 44.7 Å². The van der Waals surface area contributed by atoms with Crippen LogP contribution in [0, 0.1) is 6.92 Å². The van der Waals surface area contributed by atoms with Crippen LogP contribution in [0.3, 0.4) is 0 Å².